The number of nitrogens with one attached hydrogen (secondary N) is 1. The maximum atomic E-state index is 12.1. The van der Waals surface area contributed by atoms with Crippen LogP contribution in [0.1, 0.15) is 5.56 Å². The Morgan fingerprint density at radius 3 is 2.77 bits per heavy atom. The fraction of sp³-hybridized carbons (Fsp3) is 0.100. The van der Waals surface area contributed by atoms with Crippen molar-refractivity contribution in [3.05, 3.63) is 71.4 Å². The van der Waals surface area contributed by atoms with E-state index in [2.05, 4.69) is 21.1 Å². The molecule has 6 heteroatoms. The van der Waals surface area contributed by atoms with Crippen LogP contribution in [-0.4, -0.2) is 21.2 Å². The summed E-state index contributed by atoms with van der Waals surface area (Å²) in [5.41, 5.74) is 3.55. The zero-order valence-corrected chi connectivity index (χ0v) is 15.4. The number of carbonyl (C=O) groups excluding carboxylic acids is 1. The van der Waals surface area contributed by atoms with Gasteiger partial charge in [0.2, 0.25) is 5.91 Å². The van der Waals surface area contributed by atoms with Gasteiger partial charge < -0.3 is 9.88 Å². The van der Waals surface area contributed by atoms with E-state index in [0.29, 0.717) is 5.02 Å². The van der Waals surface area contributed by atoms with E-state index in [1.165, 1.54) is 6.08 Å². The number of amides is 1. The fourth-order valence-corrected chi connectivity index (χ4v) is 3.87. The minimum Gasteiger partial charge on any atom is -0.325 e. The van der Waals surface area contributed by atoms with Crippen LogP contribution in [-0.2, 0) is 11.3 Å². The van der Waals surface area contributed by atoms with Gasteiger partial charge in [0.15, 0.2) is 5.16 Å². The van der Waals surface area contributed by atoms with Gasteiger partial charge in [0.1, 0.15) is 0 Å². The largest absolute Gasteiger partial charge is 0.325 e. The van der Waals surface area contributed by atoms with Crippen molar-refractivity contribution in [2.24, 2.45) is 0 Å². The first-order valence-corrected chi connectivity index (χ1v) is 9.59. The number of fused-ring (bicyclic) bond motifs is 1. The van der Waals surface area contributed by atoms with Gasteiger partial charge in [0.25, 0.3) is 0 Å². The summed E-state index contributed by atoms with van der Waals surface area (Å²) < 4.78 is 2.18. The standard InChI is InChI=1S/C20H16ClN3OS/c21-17-4-2-1-3-14(17)7-10-19(25)22-16-8-5-15(6-9-16)18-13-24-11-12-26-20(24)23-18/h1-10,13H,11-12H2,(H,22,25)/b10-7+. The number of thioether (sulfide) groups is 1. The van der Waals surface area contributed by atoms with E-state index in [1.54, 1.807) is 23.9 Å². The summed E-state index contributed by atoms with van der Waals surface area (Å²) in [5.74, 6) is 0.894. The molecule has 1 aliphatic heterocycles. The lowest BCUT2D eigenvalue weighted by Crippen LogP contribution is -2.07. The van der Waals surface area contributed by atoms with Gasteiger partial charge in [0.05, 0.1) is 5.69 Å². The molecule has 0 atom stereocenters. The number of anilines is 1. The van der Waals surface area contributed by atoms with Crippen LogP contribution < -0.4 is 5.32 Å². The smallest absolute Gasteiger partial charge is 0.248 e. The molecular formula is C20H16ClN3OS. The van der Waals surface area contributed by atoms with Crippen molar-refractivity contribution in [3.8, 4) is 11.3 Å². The average molecular weight is 382 g/mol. The Morgan fingerprint density at radius 1 is 1.19 bits per heavy atom. The first kappa shape index (κ1) is 16.9. The average Bonchev–Trinajstić information content (AvgIpc) is 3.24. The second kappa shape index (κ2) is 7.40. The van der Waals surface area contributed by atoms with Crippen molar-refractivity contribution < 1.29 is 4.79 Å². The van der Waals surface area contributed by atoms with Crippen molar-refractivity contribution in [1.82, 2.24) is 9.55 Å². The molecule has 0 saturated heterocycles. The summed E-state index contributed by atoms with van der Waals surface area (Å²) in [6.45, 7) is 1.01. The molecule has 130 valence electrons. The second-order valence-electron chi connectivity index (χ2n) is 5.87. The second-order valence-corrected chi connectivity index (χ2v) is 7.34. The molecule has 0 radical (unpaired) electrons. The number of hydrogen-bond acceptors (Lipinski definition) is 3. The molecule has 26 heavy (non-hydrogen) atoms. The fourth-order valence-electron chi connectivity index (χ4n) is 2.73. The summed E-state index contributed by atoms with van der Waals surface area (Å²) in [6, 6.07) is 15.1. The highest BCUT2D eigenvalue weighted by atomic mass is 35.5. The molecule has 0 spiro atoms. The van der Waals surface area contributed by atoms with Crippen LogP contribution >= 0.6 is 23.4 Å². The van der Waals surface area contributed by atoms with Crippen LogP contribution in [0.2, 0.25) is 5.02 Å². The summed E-state index contributed by atoms with van der Waals surface area (Å²) in [5, 5.41) is 4.54. The SMILES string of the molecule is O=C(/C=C/c1ccccc1Cl)Nc1ccc(-c2cn3c(n2)SCC3)cc1. The van der Waals surface area contributed by atoms with Crippen LogP contribution in [0.15, 0.2) is 66.0 Å². The highest BCUT2D eigenvalue weighted by Gasteiger charge is 2.15. The highest BCUT2D eigenvalue weighted by molar-refractivity contribution is 7.99. The van der Waals surface area contributed by atoms with E-state index >= 15 is 0 Å². The molecule has 2 heterocycles. The van der Waals surface area contributed by atoms with E-state index in [0.717, 1.165) is 40.0 Å². The minimum atomic E-state index is -0.199. The molecule has 2 aromatic carbocycles. The van der Waals surface area contributed by atoms with Crippen LogP contribution in [0, 0.1) is 0 Å². The van der Waals surface area contributed by atoms with E-state index in [-0.39, 0.29) is 5.91 Å². The van der Waals surface area contributed by atoms with Crippen molar-refractivity contribution in [2.75, 3.05) is 11.1 Å². The van der Waals surface area contributed by atoms with Gasteiger partial charge in [-0.15, -0.1) is 0 Å². The lowest BCUT2D eigenvalue weighted by Gasteiger charge is -2.04. The lowest BCUT2D eigenvalue weighted by atomic mass is 10.1. The number of imidazole rings is 1. The molecule has 1 amide bonds. The molecule has 3 aromatic rings. The number of halogens is 1. The van der Waals surface area contributed by atoms with Crippen molar-refractivity contribution in [2.45, 2.75) is 11.7 Å². The third kappa shape index (κ3) is 3.69. The van der Waals surface area contributed by atoms with Crippen LogP contribution in [0.25, 0.3) is 17.3 Å². The summed E-state index contributed by atoms with van der Waals surface area (Å²) in [7, 11) is 0. The number of rotatable bonds is 4. The predicted octanol–water partition coefficient (Wildman–Crippen LogP) is 4.96. The lowest BCUT2D eigenvalue weighted by molar-refractivity contribution is -0.111. The third-order valence-electron chi connectivity index (χ3n) is 4.07. The molecule has 1 aliphatic rings. The molecule has 4 rings (SSSR count). The van der Waals surface area contributed by atoms with Crippen LogP contribution in [0.4, 0.5) is 5.69 Å². The first-order valence-electron chi connectivity index (χ1n) is 8.23. The Morgan fingerprint density at radius 2 is 2.00 bits per heavy atom. The van der Waals surface area contributed by atoms with Gasteiger partial charge in [-0.2, -0.15) is 0 Å². The molecule has 1 aromatic heterocycles. The molecule has 0 fully saturated rings. The first-order chi connectivity index (χ1) is 12.7. The van der Waals surface area contributed by atoms with E-state index in [1.807, 2.05) is 42.5 Å². The number of aryl methyl sites for hydroxylation is 1. The zero-order valence-electron chi connectivity index (χ0n) is 13.9. The number of carbonyl (C=O) groups is 1. The van der Waals surface area contributed by atoms with Crippen LogP contribution in [0.5, 0.6) is 0 Å². The molecule has 0 bridgehead atoms. The number of aromatic nitrogens is 2. The highest BCUT2D eigenvalue weighted by Crippen LogP contribution is 2.29. The molecule has 0 aliphatic carbocycles. The van der Waals surface area contributed by atoms with Gasteiger partial charge >= 0.3 is 0 Å². The van der Waals surface area contributed by atoms with Crippen molar-refractivity contribution >= 4 is 41.0 Å². The maximum absolute atomic E-state index is 12.1. The Labute approximate surface area is 160 Å². The number of nitrogens with zero attached hydrogens (tertiary/aromatic N) is 2. The van der Waals surface area contributed by atoms with Crippen LogP contribution in [0.3, 0.4) is 0 Å². The summed E-state index contributed by atoms with van der Waals surface area (Å²) in [6.07, 6.45) is 5.26. The predicted molar refractivity (Wildman–Crippen MR) is 108 cm³/mol. The normalized spacial score (nSPS) is 13.1. The van der Waals surface area contributed by atoms with Gasteiger partial charge in [0, 0.05) is 40.8 Å². The monoisotopic (exact) mass is 381 g/mol. The van der Waals surface area contributed by atoms with Gasteiger partial charge in [-0.25, -0.2) is 4.98 Å². The van der Waals surface area contributed by atoms with Gasteiger partial charge in [-0.1, -0.05) is 53.7 Å². The molecular weight excluding hydrogens is 366 g/mol. The number of benzene rings is 2. The van der Waals surface area contributed by atoms with E-state index in [4.69, 9.17) is 11.6 Å². The third-order valence-corrected chi connectivity index (χ3v) is 5.39. The quantitative estimate of drug-likeness (QED) is 0.649. The van der Waals surface area contributed by atoms with E-state index in [9.17, 15) is 4.79 Å². The zero-order chi connectivity index (χ0) is 17.9. The Kier molecular flexibility index (Phi) is 4.82. The topological polar surface area (TPSA) is 46.9 Å². The van der Waals surface area contributed by atoms with Gasteiger partial charge in [-0.3, -0.25) is 4.79 Å². The Balaban J connectivity index is 1.42. The van der Waals surface area contributed by atoms with Crippen molar-refractivity contribution in [3.63, 3.8) is 0 Å². The summed E-state index contributed by atoms with van der Waals surface area (Å²) >= 11 is 7.86. The molecule has 0 unspecified atom stereocenters. The van der Waals surface area contributed by atoms with Crippen molar-refractivity contribution in [1.29, 1.82) is 0 Å². The van der Waals surface area contributed by atoms with Gasteiger partial charge in [-0.05, 0) is 29.8 Å². The molecule has 0 saturated carbocycles. The van der Waals surface area contributed by atoms with E-state index < -0.39 is 0 Å². The molecule has 1 N–H and O–H groups in total. The Bertz CT molecular complexity index is 957. The molecule has 4 nitrogen and oxygen atoms in total. The summed E-state index contributed by atoms with van der Waals surface area (Å²) in [4.78, 5) is 16.7. The maximum Gasteiger partial charge on any atom is 0.248 e. The Hall–Kier alpha value is -2.50. The minimum absolute atomic E-state index is 0.199. The number of hydrogen-bond donors (Lipinski definition) is 1.